The Morgan fingerprint density at radius 2 is 1.79 bits per heavy atom. The van der Waals surface area contributed by atoms with Gasteiger partial charge in [-0.1, -0.05) is 42.5 Å². The summed E-state index contributed by atoms with van der Waals surface area (Å²) in [6.07, 6.45) is 0.866. The lowest BCUT2D eigenvalue weighted by Gasteiger charge is -2.20. The molecular weight excluding hydrogens is 370 g/mol. The molecule has 0 saturated carbocycles. The molecule has 2 aliphatic rings. The summed E-state index contributed by atoms with van der Waals surface area (Å²) in [5, 5.41) is 12.0. The number of hydrogen-bond donors (Lipinski definition) is 1. The van der Waals surface area contributed by atoms with Crippen molar-refractivity contribution in [2.24, 2.45) is 10.3 Å². The Morgan fingerprint density at radius 1 is 1.07 bits per heavy atom. The van der Waals surface area contributed by atoms with Gasteiger partial charge in [-0.3, -0.25) is 19.4 Å². The number of amides is 3. The summed E-state index contributed by atoms with van der Waals surface area (Å²) in [6.45, 7) is 3.76. The number of anilines is 2. The topological polar surface area (TPSA) is 94.4 Å². The minimum Gasteiger partial charge on any atom is -0.324 e. The molecule has 2 aromatic rings. The summed E-state index contributed by atoms with van der Waals surface area (Å²) >= 11 is 0. The lowest BCUT2D eigenvalue weighted by molar-refractivity contribution is -0.123. The number of nitrogens with one attached hydrogen (secondary N) is 1. The average Bonchev–Trinajstić information content (AvgIpc) is 3.23. The Kier molecular flexibility index (Phi) is 4.84. The van der Waals surface area contributed by atoms with Gasteiger partial charge in [0.2, 0.25) is 5.91 Å². The van der Waals surface area contributed by atoms with Gasteiger partial charge in [-0.2, -0.15) is 5.11 Å². The zero-order valence-electron chi connectivity index (χ0n) is 16.2. The molecule has 148 valence electrons. The fraction of sp³-hybridized carbons (Fsp3) is 0.286. The summed E-state index contributed by atoms with van der Waals surface area (Å²) in [4.78, 5) is 39.3. The number of benzene rings is 2. The molecule has 8 nitrogen and oxygen atoms in total. The fourth-order valence-corrected chi connectivity index (χ4v) is 3.54. The second kappa shape index (κ2) is 7.46. The van der Waals surface area contributed by atoms with Crippen LogP contribution in [0.3, 0.4) is 0 Å². The third-order valence-corrected chi connectivity index (χ3v) is 5.19. The maximum Gasteiger partial charge on any atom is 0.263 e. The molecule has 4 rings (SSSR count). The summed E-state index contributed by atoms with van der Waals surface area (Å²) < 4.78 is 0. The van der Waals surface area contributed by atoms with Gasteiger partial charge in [0, 0.05) is 5.69 Å². The van der Waals surface area contributed by atoms with Crippen LogP contribution < -0.4 is 10.2 Å². The number of hydrogen-bond acceptors (Lipinski definition) is 6. The van der Waals surface area contributed by atoms with E-state index in [1.54, 1.807) is 18.2 Å². The van der Waals surface area contributed by atoms with Crippen molar-refractivity contribution in [2.75, 3.05) is 16.8 Å². The van der Waals surface area contributed by atoms with Gasteiger partial charge in [0.15, 0.2) is 12.1 Å². The first-order valence-corrected chi connectivity index (χ1v) is 9.49. The van der Waals surface area contributed by atoms with Crippen LogP contribution in [0.2, 0.25) is 0 Å². The van der Waals surface area contributed by atoms with E-state index in [0.29, 0.717) is 11.4 Å². The SMILES string of the molecule is CCc1ccc(N2C(=O)[C@@H]3[C@@H](N=NN3CC(=O)Nc3ccccc3C)C2=O)cc1. The lowest BCUT2D eigenvalue weighted by Crippen LogP contribution is -2.43. The zero-order chi connectivity index (χ0) is 20.5. The maximum atomic E-state index is 13.0. The first-order chi connectivity index (χ1) is 14.0. The highest BCUT2D eigenvalue weighted by Crippen LogP contribution is 2.32. The Morgan fingerprint density at radius 3 is 2.48 bits per heavy atom. The number of imide groups is 1. The van der Waals surface area contributed by atoms with Gasteiger partial charge in [-0.05, 0) is 42.7 Å². The summed E-state index contributed by atoms with van der Waals surface area (Å²) in [5.41, 5.74) is 3.24. The molecule has 0 bridgehead atoms. The predicted octanol–water partition coefficient (Wildman–Crippen LogP) is 2.49. The number of para-hydroxylation sites is 1. The van der Waals surface area contributed by atoms with Crippen LogP contribution in [0, 0.1) is 6.92 Å². The summed E-state index contributed by atoms with van der Waals surface area (Å²) in [5.74, 6) is -1.17. The molecule has 0 radical (unpaired) electrons. The molecule has 2 atom stereocenters. The van der Waals surface area contributed by atoms with Crippen molar-refractivity contribution in [3.63, 3.8) is 0 Å². The van der Waals surface area contributed by atoms with Crippen molar-refractivity contribution in [1.82, 2.24) is 5.01 Å². The minimum atomic E-state index is -0.917. The van der Waals surface area contributed by atoms with Crippen LogP contribution in [-0.2, 0) is 20.8 Å². The van der Waals surface area contributed by atoms with E-state index in [1.165, 1.54) is 5.01 Å². The van der Waals surface area contributed by atoms with Crippen molar-refractivity contribution in [3.05, 3.63) is 59.7 Å². The van der Waals surface area contributed by atoms with Crippen molar-refractivity contribution in [1.29, 1.82) is 0 Å². The quantitative estimate of drug-likeness (QED) is 0.793. The van der Waals surface area contributed by atoms with E-state index in [-0.39, 0.29) is 12.5 Å². The van der Waals surface area contributed by atoms with Crippen molar-refractivity contribution < 1.29 is 14.4 Å². The van der Waals surface area contributed by atoms with Crippen LogP contribution in [0.5, 0.6) is 0 Å². The van der Waals surface area contributed by atoms with Gasteiger partial charge in [-0.25, -0.2) is 4.90 Å². The van der Waals surface area contributed by atoms with Gasteiger partial charge in [-0.15, -0.1) is 0 Å². The zero-order valence-corrected chi connectivity index (χ0v) is 16.2. The second-order valence-electron chi connectivity index (χ2n) is 7.09. The van der Waals surface area contributed by atoms with Gasteiger partial charge in [0.05, 0.1) is 5.69 Å². The Hall–Kier alpha value is -3.55. The molecule has 1 N–H and O–H groups in total. The van der Waals surface area contributed by atoms with E-state index in [0.717, 1.165) is 22.4 Å². The van der Waals surface area contributed by atoms with Crippen molar-refractivity contribution in [3.8, 4) is 0 Å². The van der Waals surface area contributed by atoms with Crippen LogP contribution in [-0.4, -0.2) is 41.4 Å². The van der Waals surface area contributed by atoms with E-state index in [4.69, 9.17) is 0 Å². The molecule has 0 unspecified atom stereocenters. The first kappa shape index (κ1) is 18.8. The molecule has 0 aromatic heterocycles. The molecule has 2 aromatic carbocycles. The highest BCUT2D eigenvalue weighted by molar-refractivity contribution is 6.25. The third-order valence-electron chi connectivity index (χ3n) is 5.19. The maximum absolute atomic E-state index is 13.0. The molecule has 29 heavy (non-hydrogen) atoms. The number of carbonyl (C=O) groups excluding carboxylic acids is 3. The molecule has 0 spiro atoms. The Balaban J connectivity index is 1.49. The molecule has 2 heterocycles. The first-order valence-electron chi connectivity index (χ1n) is 9.49. The van der Waals surface area contributed by atoms with E-state index >= 15 is 0 Å². The second-order valence-corrected chi connectivity index (χ2v) is 7.09. The van der Waals surface area contributed by atoms with Crippen molar-refractivity contribution in [2.45, 2.75) is 32.4 Å². The van der Waals surface area contributed by atoms with Crippen LogP contribution in [0.15, 0.2) is 58.9 Å². The number of nitrogens with zero attached hydrogens (tertiary/aromatic N) is 4. The third kappa shape index (κ3) is 3.37. The van der Waals surface area contributed by atoms with Crippen LogP contribution in [0.4, 0.5) is 11.4 Å². The number of aryl methyl sites for hydroxylation is 2. The van der Waals surface area contributed by atoms with Crippen LogP contribution >= 0.6 is 0 Å². The van der Waals surface area contributed by atoms with E-state index in [1.807, 2.05) is 44.2 Å². The van der Waals surface area contributed by atoms with E-state index < -0.39 is 23.9 Å². The average molecular weight is 391 g/mol. The van der Waals surface area contributed by atoms with Crippen LogP contribution in [0.25, 0.3) is 0 Å². The standard InChI is InChI=1S/C21H21N5O3/c1-3-14-8-10-15(11-9-14)26-20(28)18-19(21(26)29)25(24-23-18)12-17(27)22-16-7-5-4-6-13(16)2/h4-11,18-19H,3,12H2,1-2H3,(H,22,27)/t18-,19+/m1/s1. The highest BCUT2D eigenvalue weighted by Gasteiger charge is 2.55. The molecule has 2 aliphatic heterocycles. The normalized spacial score (nSPS) is 20.3. The predicted molar refractivity (Wildman–Crippen MR) is 107 cm³/mol. The summed E-state index contributed by atoms with van der Waals surface area (Å²) in [6, 6.07) is 12.9. The highest BCUT2D eigenvalue weighted by atomic mass is 16.2. The molecule has 1 fully saturated rings. The molecular formula is C21H21N5O3. The monoisotopic (exact) mass is 391 g/mol. The fourth-order valence-electron chi connectivity index (χ4n) is 3.54. The van der Waals surface area contributed by atoms with Crippen LogP contribution in [0.1, 0.15) is 18.1 Å². The smallest absolute Gasteiger partial charge is 0.263 e. The van der Waals surface area contributed by atoms with E-state index in [9.17, 15) is 14.4 Å². The largest absolute Gasteiger partial charge is 0.324 e. The minimum absolute atomic E-state index is 0.166. The number of rotatable bonds is 5. The molecule has 0 aliphatic carbocycles. The molecule has 1 saturated heterocycles. The molecule has 3 amide bonds. The van der Waals surface area contributed by atoms with Crippen molar-refractivity contribution >= 4 is 29.1 Å². The number of fused-ring (bicyclic) bond motifs is 1. The van der Waals surface area contributed by atoms with Gasteiger partial charge < -0.3 is 5.32 Å². The Labute approximate surface area is 168 Å². The lowest BCUT2D eigenvalue weighted by atomic mass is 10.1. The van der Waals surface area contributed by atoms with Gasteiger partial charge in [0.25, 0.3) is 11.8 Å². The van der Waals surface area contributed by atoms with E-state index in [2.05, 4.69) is 15.7 Å². The summed E-state index contributed by atoms with van der Waals surface area (Å²) in [7, 11) is 0. The number of carbonyl (C=O) groups is 3. The molecule has 8 heteroatoms. The van der Waals surface area contributed by atoms with Gasteiger partial charge >= 0.3 is 0 Å². The Bertz CT molecular complexity index is 1000. The van der Waals surface area contributed by atoms with Gasteiger partial charge in [0.1, 0.15) is 6.54 Å².